The van der Waals surface area contributed by atoms with Crippen LogP contribution in [-0.2, 0) is 0 Å². The molecule has 0 bridgehead atoms. The quantitative estimate of drug-likeness (QED) is 0.665. The van der Waals surface area contributed by atoms with E-state index in [0.29, 0.717) is 6.42 Å². The Bertz CT molecular complexity index is 188. The van der Waals surface area contributed by atoms with E-state index < -0.39 is 5.60 Å². The van der Waals surface area contributed by atoms with Crippen molar-refractivity contribution in [1.29, 1.82) is 0 Å². The maximum atomic E-state index is 9.97. The average Bonchev–Trinajstić information content (AvgIpc) is 2.27. The fraction of sp³-hybridized carbons (Fsp3) is 1.00. The minimum absolute atomic E-state index is 0.106. The number of hydrogen-bond donors (Lipinski definition) is 2. The van der Waals surface area contributed by atoms with Gasteiger partial charge < -0.3 is 10.2 Å². The molecule has 0 saturated carbocycles. The largest absolute Gasteiger partial charge is 0.393 e. The van der Waals surface area contributed by atoms with Gasteiger partial charge in [0.2, 0.25) is 0 Å². The first-order valence-electron chi connectivity index (χ1n) is 5.46. The van der Waals surface area contributed by atoms with Crippen LogP contribution in [-0.4, -0.2) is 45.9 Å². The van der Waals surface area contributed by atoms with E-state index in [1.165, 1.54) is 0 Å². The number of rotatable bonds is 1. The first-order valence-corrected chi connectivity index (χ1v) is 5.46. The van der Waals surface area contributed by atoms with Gasteiger partial charge in [0.05, 0.1) is 12.2 Å². The summed E-state index contributed by atoms with van der Waals surface area (Å²) in [6.07, 6.45) is 2.37. The minimum Gasteiger partial charge on any atom is -0.393 e. The Morgan fingerprint density at radius 2 is 1.86 bits per heavy atom. The summed E-state index contributed by atoms with van der Waals surface area (Å²) in [5.41, 5.74) is -0.666. The molecule has 0 aliphatic carbocycles. The van der Waals surface area contributed by atoms with Crippen molar-refractivity contribution < 1.29 is 10.2 Å². The molecule has 1 unspecified atom stereocenters. The molecule has 1 fully saturated rings. The lowest BCUT2D eigenvalue weighted by Crippen LogP contribution is -2.43. The maximum absolute atomic E-state index is 9.97. The Morgan fingerprint density at radius 1 is 1.21 bits per heavy atom. The van der Waals surface area contributed by atoms with Crippen molar-refractivity contribution in [3.63, 3.8) is 0 Å². The van der Waals surface area contributed by atoms with Gasteiger partial charge in [0, 0.05) is 12.1 Å². The minimum atomic E-state index is -0.833. The number of aliphatic hydroxyl groups is 2. The van der Waals surface area contributed by atoms with Gasteiger partial charge >= 0.3 is 0 Å². The summed E-state index contributed by atoms with van der Waals surface area (Å²) in [6, 6.07) is 0. The van der Waals surface area contributed by atoms with E-state index in [9.17, 15) is 5.11 Å². The van der Waals surface area contributed by atoms with Gasteiger partial charge in [-0.15, -0.1) is 0 Å². The van der Waals surface area contributed by atoms with Gasteiger partial charge in [0.1, 0.15) is 0 Å². The van der Waals surface area contributed by atoms with E-state index in [1.54, 1.807) is 0 Å². The molecule has 0 spiro atoms. The van der Waals surface area contributed by atoms with Gasteiger partial charge in [-0.05, 0) is 46.6 Å². The van der Waals surface area contributed by atoms with Crippen LogP contribution in [0.4, 0.5) is 0 Å². The van der Waals surface area contributed by atoms with Crippen molar-refractivity contribution in [3.8, 4) is 0 Å². The zero-order valence-electron chi connectivity index (χ0n) is 9.58. The summed E-state index contributed by atoms with van der Waals surface area (Å²) in [5.74, 6) is 0. The monoisotopic (exact) mass is 201 g/mol. The molecular weight excluding hydrogens is 178 g/mol. The highest BCUT2D eigenvalue weighted by molar-refractivity contribution is 4.86. The Labute approximate surface area is 86.7 Å². The molecule has 3 nitrogen and oxygen atoms in total. The Kier molecular flexibility index (Phi) is 3.56. The summed E-state index contributed by atoms with van der Waals surface area (Å²) in [6.45, 7) is 8.36. The predicted octanol–water partition coefficient (Wildman–Crippen LogP) is 0.994. The molecule has 1 atom stereocenters. The normalized spacial score (nSPS) is 31.5. The van der Waals surface area contributed by atoms with E-state index in [-0.39, 0.29) is 12.1 Å². The van der Waals surface area contributed by atoms with Gasteiger partial charge in [-0.25, -0.2) is 0 Å². The fourth-order valence-electron chi connectivity index (χ4n) is 2.01. The molecule has 0 aromatic carbocycles. The second kappa shape index (κ2) is 4.17. The van der Waals surface area contributed by atoms with Crippen LogP contribution < -0.4 is 0 Å². The van der Waals surface area contributed by atoms with E-state index in [2.05, 4.69) is 25.7 Å². The van der Waals surface area contributed by atoms with Gasteiger partial charge in [0.15, 0.2) is 0 Å². The Morgan fingerprint density at radius 3 is 2.36 bits per heavy atom. The van der Waals surface area contributed by atoms with Crippen LogP contribution in [0.3, 0.4) is 0 Å². The van der Waals surface area contributed by atoms with Crippen molar-refractivity contribution in [2.45, 2.75) is 51.2 Å². The standard InChI is InChI=1S/C11H23NO2/c1-10(2,3)12-7-4-5-11(14,9-13)6-8-12/h13-14H,4-9H2,1-3H3. The Balaban J connectivity index is 2.57. The molecule has 3 heteroatoms. The smallest absolute Gasteiger partial charge is 0.0890 e. The molecule has 1 aliphatic rings. The van der Waals surface area contributed by atoms with Crippen molar-refractivity contribution in [2.75, 3.05) is 19.7 Å². The molecule has 2 N–H and O–H groups in total. The summed E-state index contributed by atoms with van der Waals surface area (Å²) in [5, 5.41) is 19.1. The molecule has 0 aromatic rings. The van der Waals surface area contributed by atoms with Gasteiger partial charge in [0.25, 0.3) is 0 Å². The molecule has 1 aliphatic heterocycles. The van der Waals surface area contributed by atoms with Crippen LogP contribution in [0.5, 0.6) is 0 Å². The lowest BCUT2D eigenvalue weighted by atomic mass is 9.96. The number of hydrogen-bond acceptors (Lipinski definition) is 3. The molecule has 84 valence electrons. The molecule has 1 heterocycles. The fourth-order valence-corrected chi connectivity index (χ4v) is 2.01. The third kappa shape index (κ3) is 2.94. The van der Waals surface area contributed by atoms with Gasteiger partial charge in [-0.1, -0.05) is 0 Å². The maximum Gasteiger partial charge on any atom is 0.0890 e. The first-order chi connectivity index (χ1) is 6.37. The zero-order valence-corrected chi connectivity index (χ0v) is 9.58. The van der Waals surface area contributed by atoms with Gasteiger partial charge in [-0.3, -0.25) is 4.90 Å². The van der Waals surface area contributed by atoms with Crippen LogP contribution >= 0.6 is 0 Å². The van der Waals surface area contributed by atoms with E-state index in [1.807, 2.05) is 0 Å². The molecule has 0 amide bonds. The highest BCUT2D eigenvalue weighted by Gasteiger charge is 2.32. The van der Waals surface area contributed by atoms with E-state index in [0.717, 1.165) is 25.9 Å². The number of aliphatic hydroxyl groups excluding tert-OH is 1. The first kappa shape index (κ1) is 12.0. The highest BCUT2D eigenvalue weighted by atomic mass is 16.3. The van der Waals surface area contributed by atoms with E-state index in [4.69, 9.17) is 5.11 Å². The molecule has 0 radical (unpaired) electrons. The Hall–Kier alpha value is -0.120. The lowest BCUT2D eigenvalue weighted by molar-refractivity contribution is -0.0270. The van der Waals surface area contributed by atoms with Gasteiger partial charge in [-0.2, -0.15) is 0 Å². The number of nitrogens with zero attached hydrogens (tertiary/aromatic N) is 1. The summed E-state index contributed by atoms with van der Waals surface area (Å²) < 4.78 is 0. The summed E-state index contributed by atoms with van der Waals surface area (Å²) in [4.78, 5) is 2.38. The van der Waals surface area contributed by atoms with E-state index >= 15 is 0 Å². The highest BCUT2D eigenvalue weighted by Crippen LogP contribution is 2.25. The van der Waals surface area contributed by atoms with Crippen molar-refractivity contribution in [2.24, 2.45) is 0 Å². The predicted molar refractivity (Wildman–Crippen MR) is 57.2 cm³/mol. The van der Waals surface area contributed by atoms with Crippen molar-refractivity contribution >= 4 is 0 Å². The lowest BCUT2D eigenvalue weighted by Gasteiger charge is -2.35. The topological polar surface area (TPSA) is 43.7 Å². The molecule has 14 heavy (non-hydrogen) atoms. The summed E-state index contributed by atoms with van der Waals surface area (Å²) >= 11 is 0. The number of likely N-dealkylation sites (tertiary alicyclic amines) is 1. The second-order valence-corrected chi connectivity index (χ2v) is 5.39. The van der Waals surface area contributed by atoms with Crippen LogP contribution in [0.15, 0.2) is 0 Å². The summed E-state index contributed by atoms with van der Waals surface area (Å²) in [7, 11) is 0. The molecule has 0 aromatic heterocycles. The second-order valence-electron chi connectivity index (χ2n) is 5.39. The molecular formula is C11H23NO2. The SMILES string of the molecule is CC(C)(C)N1CCCC(O)(CO)CC1. The van der Waals surface area contributed by atoms with Crippen LogP contribution in [0.2, 0.25) is 0 Å². The van der Waals surface area contributed by atoms with Crippen LogP contribution in [0.25, 0.3) is 0 Å². The van der Waals surface area contributed by atoms with Crippen molar-refractivity contribution in [3.05, 3.63) is 0 Å². The van der Waals surface area contributed by atoms with Crippen molar-refractivity contribution in [1.82, 2.24) is 4.90 Å². The molecule has 1 rings (SSSR count). The van der Waals surface area contributed by atoms with Crippen LogP contribution in [0, 0.1) is 0 Å². The average molecular weight is 201 g/mol. The zero-order chi connectivity index (χ0) is 10.8. The third-order valence-corrected chi connectivity index (χ3v) is 3.16. The van der Waals surface area contributed by atoms with Crippen LogP contribution in [0.1, 0.15) is 40.0 Å². The third-order valence-electron chi connectivity index (χ3n) is 3.16. The molecule has 1 saturated heterocycles.